The van der Waals surface area contributed by atoms with Gasteiger partial charge in [0.25, 0.3) is 0 Å². The van der Waals surface area contributed by atoms with E-state index < -0.39 is 0 Å². The molecule has 2 unspecified atom stereocenters. The maximum absolute atomic E-state index is 6.15. The van der Waals surface area contributed by atoms with Crippen LogP contribution in [0, 0.1) is 0 Å². The molecule has 0 fully saturated rings. The molecule has 1 aromatic carbocycles. The molecule has 2 aliphatic rings. The number of hydrogen-bond acceptors (Lipinski definition) is 4. The summed E-state index contributed by atoms with van der Waals surface area (Å²) in [6.07, 6.45) is 5.95. The van der Waals surface area contributed by atoms with Crippen LogP contribution in [0.1, 0.15) is 35.6 Å². The van der Waals surface area contributed by atoms with Crippen molar-refractivity contribution in [2.75, 3.05) is 18.9 Å². The lowest BCUT2D eigenvalue weighted by molar-refractivity contribution is 0.496. The molecule has 1 aliphatic heterocycles. The van der Waals surface area contributed by atoms with Gasteiger partial charge in [0.2, 0.25) is 0 Å². The molecule has 4 nitrogen and oxygen atoms in total. The van der Waals surface area contributed by atoms with Crippen LogP contribution >= 0.6 is 11.3 Å². The third-order valence-corrected chi connectivity index (χ3v) is 6.12. The van der Waals surface area contributed by atoms with Gasteiger partial charge in [0, 0.05) is 24.2 Å². The van der Waals surface area contributed by atoms with Crippen LogP contribution < -0.4 is 16.4 Å². The van der Waals surface area contributed by atoms with Crippen LogP contribution in [0.3, 0.4) is 0 Å². The second-order valence-corrected chi connectivity index (χ2v) is 7.67. The number of anilines is 1. The molecule has 130 valence electrons. The normalized spacial score (nSPS) is 23.1. The summed E-state index contributed by atoms with van der Waals surface area (Å²) in [5, 5.41) is 8.96. The van der Waals surface area contributed by atoms with Gasteiger partial charge in [-0.1, -0.05) is 17.7 Å². The topological polar surface area (TPSA) is 62.4 Å². The van der Waals surface area contributed by atoms with Gasteiger partial charge >= 0.3 is 0 Å². The molecule has 0 saturated heterocycles. The first kappa shape index (κ1) is 16.4. The van der Waals surface area contributed by atoms with E-state index in [1.54, 1.807) is 16.9 Å². The lowest BCUT2D eigenvalue weighted by Gasteiger charge is -2.25. The molecule has 0 bridgehead atoms. The fourth-order valence-corrected chi connectivity index (χ4v) is 4.40. The van der Waals surface area contributed by atoms with E-state index in [-0.39, 0.29) is 0 Å². The fraction of sp³-hybridized carbons (Fsp3) is 0.350. The summed E-state index contributed by atoms with van der Waals surface area (Å²) in [6.45, 7) is 0.985. The predicted molar refractivity (Wildman–Crippen MR) is 107 cm³/mol. The van der Waals surface area contributed by atoms with E-state index in [0.29, 0.717) is 17.8 Å². The Balaban J connectivity index is 1.60. The smallest absolute Gasteiger partial charge is 0.141 e. The van der Waals surface area contributed by atoms with Gasteiger partial charge in [0.1, 0.15) is 5.84 Å². The highest BCUT2D eigenvalue weighted by Gasteiger charge is 2.27. The van der Waals surface area contributed by atoms with E-state index in [9.17, 15) is 0 Å². The molecule has 2 heterocycles. The molecule has 0 spiro atoms. The standard InChI is InChI=1S/C20H24N4S/c1-22-14-6-4-13(5-7-14)17-12-23-18-9-8-15(11-16(17)18)24-20(21)19-3-2-10-25-19/h2-4,8-11,14,17,22-23H,5-7,12H2,1H3,(H2,21,24). The van der Waals surface area contributed by atoms with Crippen LogP contribution in [0.2, 0.25) is 0 Å². The Bertz CT molecular complexity index is 807. The molecule has 1 aliphatic carbocycles. The predicted octanol–water partition coefficient (Wildman–Crippen LogP) is 3.99. The Kier molecular flexibility index (Phi) is 4.59. The van der Waals surface area contributed by atoms with Crippen molar-refractivity contribution in [2.24, 2.45) is 10.7 Å². The number of nitrogens with one attached hydrogen (secondary N) is 2. The molecular formula is C20H24N4S. The van der Waals surface area contributed by atoms with E-state index in [4.69, 9.17) is 5.73 Å². The summed E-state index contributed by atoms with van der Waals surface area (Å²) in [6, 6.07) is 11.0. The van der Waals surface area contributed by atoms with Gasteiger partial charge in [0.05, 0.1) is 10.6 Å². The van der Waals surface area contributed by atoms with Gasteiger partial charge in [-0.15, -0.1) is 11.3 Å². The number of fused-ring (bicyclic) bond motifs is 1. The first-order valence-electron chi connectivity index (χ1n) is 8.86. The Morgan fingerprint density at radius 2 is 2.28 bits per heavy atom. The number of benzene rings is 1. The molecule has 0 radical (unpaired) electrons. The van der Waals surface area contributed by atoms with Crippen LogP contribution in [0.25, 0.3) is 0 Å². The molecule has 2 aromatic rings. The summed E-state index contributed by atoms with van der Waals surface area (Å²) < 4.78 is 0. The SMILES string of the molecule is CNC1CC=C(C2CNc3ccc(N=C(N)c4cccs4)cc32)CC1. The van der Waals surface area contributed by atoms with Gasteiger partial charge < -0.3 is 16.4 Å². The van der Waals surface area contributed by atoms with Gasteiger partial charge in [0.15, 0.2) is 0 Å². The summed E-state index contributed by atoms with van der Waals surface area (Å²) in [7, 11) is 2.05. The number of aliphatic imine (C=N–C) groups is 1. The van der Waals surface area contributed by atoms with Crippen LogP contribution in [0.15, 0.2) is 52.4 Å². The van der Waals surface area contributed by atoms with Crippen molar-refractivity contribution in [2.45, 2.75) is 31.2 Å². The van der Waals surface area contributed by atoms with Crippen LogP contribution in [-0.2, 0) is 0 Å². The number of nitrogens with zero attached hydrogens (tertiary/aromatic N) is 1. The summed E-state index contributed by atoms with van der Waals surface area (Å²) in [5.41, 5.74) is 11.2. The number of thiophene rings is 1. The molecule has 5 heteroatoms. The minimum Gasteiger partial charge on any atom is -0.384 e. The largest absolute Gasteiger partial charge is 0.384 e. The molecule has 1 aromatic heterocycles. The first-order chi connectivity index (χ1) is 12.2. The maximum Gasteiger partial charge on any atom is 0.141 e. The van der Waals surface area contributed by atoms with Gasteiger partial charge in [-0.2, -0.15) is 0 Å². The minimum atomic E-state index is 0.464. The van der Waals surface area contributed by atoms with Gasteiger partial charge in [-0.3, -0.25) is 0 Å². The molecule has 4 rings (SSSR count). The molecule has 0 amide bonds. The number of amidine groups is 1. The minimum absolute atomic E-state index is 0.464. The van der Waals surface area contributed by atoms with Crippen molar-refractivity contribution >= 4 is 28.5 Å². The highest BCUT2D eigenvalue weighted by atomic mass is 32.1. The van der Waals surface area contributed by atoms with Crippen molar-refractivity contribution in [3.05, 3.63) is 57.8 Å². The molecule has 2 atom stereocenters. The highest BCUT2D eigenvalue weighted by molar-refractivity contribution is 7.12. The lowest BCUT2D eigenvalue weighted by atomic mass is 9.84. The van der Waals surface area contributed by atoms with E-state index in [1.165, 1.54) is 24.1 Å². The van der Waals surface area contributed by atoms with Crippen LogP contribution in [0.5, 0.6) is 0 Å². The summed E-state index contributed by atoms with van der Waals surface area (Å²) in [5.74, 6) is 1.05. The maximum atomic E-state index is 6.15. The van der Waals surface area contributed by atoms with Crippen LogP contribution in [0.4, 0.5) is 11.4 Å². The average molecular weight is 353 g/mol. The number of rotatable bonds is 4. The quantitative estimate of drug-likeness (QED) is 0.443. The van der Waals surface area contributed by atoms with E-state index in [1.807, 2.05) is 23.6 Å². The lowest BCUT2D eigenvalue weighted by Crippen LogP contribution is -2.27. The van der Waals surface area contributed by atoms with E-state index in [2.05, 4.69) is 40.9 Å². The zero-order chi connectivity index (χ0) is 17.2. The van der Waals surface area contributed by atoms with Gasteiger partial charge in [-0.05, 0) is 61.5 Å². The zero-order valence-corrected chi connectivity index (χ0v) is 15.3. The van der Waals surface area contributed by atoms with E-state index >= 15 is 0 Å². The Labute approximate surface area is 152 Å². The van der Waals surface area contributed by atoms with Crippen molar-refractivity contribution in [1.82, 2.24) is 5.32 Å². The Morgan fingerprint density at radius 1 is 1.36 bits per heavy atom. The summed E-state index contributed by atoms with van der Waals surface area (Å²) in [4.78, 5) is 5.65. The monoisotopic (exact) mass is 352 g/mol. The number of nitrogens with two attached hydrogens (primary N) is 1. The van der Waals surface area contributed by atoms with Crippen molar-refractivity contribution in [3.63, 3.8) is 0 Å². The van der Waals surface area contributed by atoms with Crippen molar-refractivity contribution in [1.29, 1.82) is 0 Å². The Hall–Kier alpha value is -2.11. The third kappa shape index (κ3) is 3.34. The Morgan fingerprint density at radius 3 is 3.00 bits per heavy atom. The fourth-order valence-electron chi connectivity index (χ4n) is 3.77. The average Bonchev–Trinajstić information content (AvgIpc) is 3.31. The molecule has 4 N–H and O–H groups in total. The first-order valence-corrected chi connectivity index (χ1v) is 9.74. The highest BCUT2D eigenvalue weighted by Crippen LogP contribution is 2.41. The van der Waals surface area contributed by atoms with Gasteiger partial charge in [-0.25, -0.2) is 4.99 Å². The zero-order valence-electron chi connectivity index (χ0n) is 14.5. The number of hydrogen-bond donors (Lipinski definition) is 3. The van der Waals surface area contributed by atoms with Crippen molar-refractivity contribution < 1.29 is 0 Å². The molecule has 25 heavy (non-hydrogen) atoms. The second-order valence-electron chi connectivity index (χ2n) is 6.72. The van der Waals surface area contributed by atoms with Crippen molar-refractivity contribution in [3.8, 4) is 0 Å². The molecule has 0 saturated carbocycles. The third-order valence-electron chi connectivity index (χ3n) is 5.23. The second kappa shape index (κ2) is 7.02. The molecular weight excluding hydrogens is 328 g/mol. The summed E-state index contributed by atoms with van der Waals surface area (Å²) >= 11 is 1.62. The van der Waals surface area contributed by atoms with Crippen LogP contribution in [-0.4, -0.2) is 25.5 Å². The van der Waals surface area contributed by atoms with E-state index in [0.717, 1.165) is 23.5 Å².